The summed E-state index contributed by atoms with van der Waals surface area (Å²) in [6.45, 7) is 13.0. The second kappa shape index (κ2) is 43.1. The van der Waals surface area contributed by atoms with Crippen LogP contribution in [0.4, 0.5) is 5.69 Å². The van der Waals surface area contributed by atoms with Crippen LogP contribution in [0, 0.1) is 0 Å². The van der Waals surface area contributed by atoms with E-state index in [0.717, 1.165) is 25.1 Å². The Bertz CT molecular complexity index is 1100. The molecule has 1 rings (SSSR count). The van der Waals surface area contributed by atoms with Crippen molar-refractivity contribution in [2.75, 3.05) is 170 Å². The number of rotatable bonds is 46. The van der Waals surface area contributed by atoms with Gasteiger partial charge in [-0.2, -0.15) is 0 Å². The van der Waals surface area contributed by atoms with E-state index in [1.54, 1.807) is 12.1 Å². The van der Waals surface area contributed by atoms with Crippen LogP contribution >= 0.6 is 0 Å². The summed E-state index contributed by atoms with van der Waals surface area (Å²) >= 11 is 0. The summed E-state index contributed by atoms with van der Waals surface area (Å²) in [7, 11) is 0. The predicted octanol–water partition coefficient (Wildman–Crippen LogP) is 3.43. The quantitative estimate of drug-likeness (QED) is 0.0713. The molecule has 0 bridgehead atoms. The predicted molar refractivity (Wildman–Crippen MR) is 216 cm³/mol. The van der Waals surface area contributed by atoms with Gasteiger partial charge in [-0.3, -0.25) is 9.59 Å². The topological polar surface area (TPSA) is 203 Å². The lowest BCUT2D eigenvalue weighted by Crippen LogP contribution is -2.16. The third-order valence-corrected chi connectivity index (χ3v) is 7.67. The maximum Gasteiger partial charge on any atom is 0.338 e. The molecule has 0 aromatic heterocycles. The van der Waals surface area contributed by atoms with E-state index >= 15 is 0 Å². The van der Waals surface area contributed by atoms with E-state index in [0.29, 0.717) is 157 Å². The molecule has 0 fully saturated rings. The average molecular weight is 850 g/mol. The number of unbranched alkanes of at least 4 members (excludes halogenated alkanes) is 2. The lowest BCUT2D eigenvalue weighted by Gasteiger charge is -2.09. The molecule has 0 spiro atoms. The lowest BCUT2D eigenvalue weighted by molar-refractivity contribution is -0.146. The molecule has 2 N–H and O–H groups in total. The fraction of sp³-hybridized carbons (Fsp3) is 0.780. The van der Waals surface area contributed by atoms with Crippen LogP contribution in [0.5, 0.6) is 0 Å². The Kier molecular flexibility index (Phi) is 39.4. The molecule has 0 heterocycles. The number of anilines is 1. The van der Waals surface area contributed by atoms with Crippen LogP contribution < -0.4 is 5.32 Å². The number of carbonyl (C=O) groups is 3. The minimum atomic E-state index is -0.867. The summed E-state index contributed by atoms with van der Waals surface area (Å²) in [4.78, 5) is 34.1. The average Bonchev–Trinajstić information content (AvgIpc) is 3.23. The molecule has 342 valence electrons. The first-order chi connectivity index (χ1) is 29.0. The van der Waals surface area contributed by atoms with Crippen LogP contribution in [0.3, 0.4) is 0 Å². The van der Waals surface area contributed by atoms with E-state index in [1.807, 2.05) is 12.1 Å². The molecule has 0 aliphatic rings. The van der Waals surface area contributed by atoms with Crippen molar-refractivity contribution >= 4 is 23.6 Å². The molecule has 18 nitrogen and oxygen atoms in total. The minimum absolute atomic E-state index is 0.0551. The highest BCUT2D eigenvalue weighted by atomic mass is 16.6. The highest BCUT2D eigenvalue weighted by molar-refractivity contribution is 5.89. The van der Waals surface area contributed by atoms with Crippen molar-refractivity contribution in [2.45, 2.75) is 45.4 Å². The van der Waals surface area contributed by atoms with E-state index in [9.17, 15) is 14.4 Å². The fourth-order valence-electron chi connectivity index (χ4n) is 4.54. The summed E-state index contributed by atoms with van der Waals surface area (Å²) in [5, 5.41) is 11.9. The van der Waals surface area contributed by atoms with Crippen LogP contribution in [0.1, 0.15) is 55.8 Å². The van der Waals surface area contributed by atoms with Gasteiger partial charge in [-0.25, -0.2) is 4.79 Å². The summed E-state index contributed by atoms with van der Waals surface area (Å²) in [6, 6.07) is 7.27. The van der Waals surface area contributed by atoms with Crippen LogP contribution in [-0.2, 0) is 71.2 Å². The Labute approximate surface area is 350 Å². The zero-order valence-electron chi connectivity index (χ0n) is 35.2. The number of ether oxygens (including phenoxy) is 13. The van der Waals surface area contributed by atoms with E-state index in [4.69, 9.17) is 66.7 Å². The largest absolute Gasteiger partial charge is 0.481 e. The lowest BCUT2D eigenvalue weighted by atomic mass is 10.2. The van der Waals surface area contributed by atoms with E-state index in [-0.39, 0.29) is 44.6 Å². The van der Waals surface area contributed by atoms with Gasteiger partial charge >= 0.3 is 17.9 Å². The summed E-state index contributed by atoms with van der Waals surface area (Å²) in [6.07, 6.45) is 3.44. The minimum Gasteiger partial charge on any atom is -0.481 e. The fourth-order valence-corrected chi connectivity index (χ4v) is 4.54. The zero-order chi connectivity index (χ0) is 42.5. The Morgan fingerprint density at radius 3 is 1.10 bits per heavy atom. The molecule has 0 unspecified atom stereocenters. The van der Waals surface area contributed by atoms with Gasteiger partial charge in [0.1, 0.15) is 13.2 Å². The molecule has 0 atom stereocenters. The maximum absolute atomic E-state index is 12.1. The van der Waals surface area contributed by atoms with Crippen molar-refractivity contribution in [1.82, 2.24) is 0 Å². The number of aliphatic carboxylic acids is 1. The first kappa shape index (κ1) is 54.0. The Hall–Kier alpha value is -3.01. The van der Waals surface area contributed by atoms with Crippen molar-refractivity contribution < 1.29 is 81.1 Å². The number of carboxylic acids is 1. The first-order valence-corrected chi connectivity index (χ1v) is 20.8. The molecule has 0 radical (unpaired) electrons. The Balaban J connectivity index is 1.67. The van der Waals surface area contributed by atoms with Crippen LogP contribution in [0.15, 0.2) is 24.3 Å². The smallest absolute Gasteiger partial charge is 0.338 e. The highest BCUT2D eigenvalue weighted by Gasteiger charge is 2.07. The SMILES string of the molecule is CCCCNc1ccc(C(=O)OCCOCCOCCOCCOCCOCCOCCOCCOCCOCCOCCOCCOC(=O)CCCCC(=O)O)cc1. The van der Waals surface area contributed by atoms with Gasteiger partial charge in [-0.15, -0.1) is 0 Å². The van der Waals surface area contributed by atoms with Crippen molar-refractivity contribution in [3.05, 3.63) is 29.8 Å². The van der Waals surface area contributed by atoms with E-state index in [2.05, 4.69) is 12.2 Å². The number of carbonyl (C=O) groups excluding carboxylic acids is 2. The number of carboxylic acid groups (broad SMARTS) is 1. The molecule has 1 aromatic rings. The van der Waals surface area contributed by atoms with Crippen molar-refractivity contribution in [3.63, 3.8) is 0 Å². The van der Waals surface area contributed by atoms with E-state index < -0.39 is 5.97 Å². The van der Waals surface area contributed by atoms with Gasteiger partial charge in [0, 0.05) is 25.1 Å². The molecular weight excluding hydrogens is 778 g/mol. The third kappa shape index (κ3) is 38.9. The van der Waals surface area contributed by atoms with Gasteiger partial charge < -0.3 is 72.0 Å². The second-order valence-corrected chi connectivity index (χ2v) is 12.6. The molecule has 0 saturated heterocycles. The summed E-state index contributed by atoms with van der Waals surface area (Å²) in [5.41, 5.74) is 1.50. The molecule has 0 aliphatic carbocycles. The molecule has 1 aromatic carbocycles. The van der Waals surface area contributed by atoms with Gasteiger partial charge in [0.15, 0.2) is 0 Å². The highest BCUT2D eigenvalue weighted by Crippen LogP contribution is 2.11. The van der Waals surface area contributed by atoms with Gasteiger partial charge in [-0.05, 0) is 43.5 Å². The number of esters is 2. The van der Waals surface area contributed by atoms with Crippen LogP contribution in [-0.4, -0.2) is 188 Å². The number of benzene rings is 1. The standard InChI is InChI=1S/C41H71NO17/c1-2-3-12-42-38-10-8-37(9-11-38)41(46)59-36-34-57-32-30-55-28-26-53-24-22-51-20-18-49-16-14-47-13-15-48-17-19-50-21-23-52-25-27-54-29-31-56-33-35-58-40(45)7-5-4-6-39(43)44/h8-11,42H,2-7,12-36H2,1H3,(H,43,44). The number of hydrogen-bond acceptors (Lipinski definition) is 17. The van der Waals surface area contributed by atoms with Crippen LogP contribution in [0.25, 0.3) is 0 Å². The van der Waals surface area contributed by atoms with Gasteiger partial charge in [0.2, 0.25) is 0 Å². The summed E-state index contributed by atoms with van der Waals surface area (Å²) in [5.74, 6) is -1.59. The van der Waals surface area contributed by atoms with Gasteiger partial charge in [-0.1, -0.05) is 13.3 Å². The first-order valence-electron chi connectivity index (χ1n) is 20.8. The Morgan fingerprint density at radius 1 is 0.441 bits per heavy atom. The van der Waals surface area contributed by atoms with E-state index in [1.165, 1.54) is 0 Å². The molecule has 59 heavy (non-hydrogen) atoms. The molecule has 0 aliphatic heterocycles. The monoisotopic (exact) mass is 849 g/mol. The molecule has 18 heteroatoms. The molecule has 0 saturated carbocycles. The van der Waals surface area contributed by atoms with Crippen molar-refractivity contribution in [2.24, 2.45) is 0 Å². The Morgan fingerprint density at radius 2 is 0.763 bits per heavy atom. The molecular formula is C41H71NO17. The number of nitrogens with one attached hydrogen (secondary N) is 1. The van der Waals surface area contributed by atoms with Crippen molar-refractivity contribution in [3.8, 4) is 0 Å². The third-order valence-electron chi connectivity index (χ3n) is 7.67. The zero-order valence-corrected chi connectivity index (χ0v) is 35.2. The second-order valence-electron chi connectivity index (χ2n) is 12.6. The maximum atomic E-state index is 12.1. The molecule has 0 amide bonds. The summed E-state index contributed by atoms with van der Waals surface area (Å²) < 4.78 is 70.3. The van der Waals surface area contributed by atoms with Gasteiger partial charge in [0.25, 0.3) is 0 Å². The van der Waals surface area contributed by atoms with Crippen LogP contribution in [0.2, 0.25) is 0 Å². The number of hydrogen-bond donors (Lipinski definition) is 2. The normalized spacial score (nSPS) is 11.2. The van der Waals surface area contributed by atoms with Crippen molar-refractivity contribution in [1.29, 1.82) is 0 Å². The van der Waals surface area contributed by atoms with Gasteiger partial charge in [0.05, 0.1) is 151 Å².